The summed E-state index contributed by atoms with van der Waals surface area (Å²) in [7, 11) is 1.61. The highest BCUT2D eigenvalue weighted by molar-refractivity contribution is 5.99. The van der Waals surface area contributed by atoms with Crippen LogP contribution in [0.2, 0.25) is 0 Å². The number of fused-ring (bicyclic) bond motifs is 3. The molecular weight excluding hydrogens is 397 g/mol. The zero-order chi connectivity index (χ0) is 21.7. The molecule has 0 bridgehead atoms. The molecule has 4 aromatic rings. The molecule has 0 spiro atoms. The zero-order valence-corrected chi connectivity index (χ0v) is 17.2. The van der Waals surface area contributed by atoms with Crippen molar-refractivity contribution in [2.24, 2.45) is 0 Å². The van der Waals surface area contributed by atoms with E-state index in [1.165, 1.54) is 6.07 Å². The maximum Gasteiger partial charge on any atom is 0.257 e. The summed E-state index contributed by atoms with van der Waals surface area (Å²) in [6.45, 7) is 1.97. The van der Waals surface area contributed by atoms with Crippen LogP contribution in [0, 0.1) is 5.82 Å². The van der Waals surface area contributed by atoms with E-state index in [2.05, 4.69) is 9.97 Å². The van der Waals surface area contributed by atoms with Gasteiger partial charge in [0, 0.05) is 12.1 Å². The summed E-state index contributed by atoms with van der Waals surface area (Å²) in [5.41, 5.74) is 8.51. The Morgan fingerprint density at radius 2 is 2.00 bits per heavy atom. The molecule has 2 aromatic carbocycles. The third-order valence-electron chi connectivity index (χ3n) is 5.89. The van der Waals surface area contributed by atoms with Crippen molar-refractivity contribution in [3.05, 3.63) is 65.9 Å². The number of halogens is 1. The van der Waals surface area contributed by atoms with Crippen molar-refractivity contribution >= 4 is 28.3 Å². The van der Waals surface area contributed by atoms with E-state index in [4.69, 9.17) is 10.5 Å². The molecule has 2 N–H and O–H groups in total. The Balaban J connectivity index is 1.58. The highest BCUT2D eigenvalue weighted by atomic mass is 19.1. The third kappa shape index (κ3) is 3.24. The fourth-order valence-electron chi connectivity index (χ4n) is 4.05. The quantitative estimate of drug-likeness (QED) is 0.529. The molecule has 31 heavy (non-hydrogen) atoms. The van der Waals surface area contributed by atoms with Crippen molar-refractivity contribution in [2.45, 2.75) is 31.8 Å². The van der Waals surface area contributed by atoms with Gasteiger partial charge in [0.15, 0.2) is 0 Å². The number of hydrogen-bond donors (Lipinski definition) is 1. The van der Waals surface area contributed by atoms with Crippen molar-refractivity contribution in [1.82, 2.24) is 19.3 Å². The summed E-state index contributed by atoms with van der Waals surface area (Å²) < 4.78 is 22.0. The Bertz CT molecular complexity index is 1300. The smallest absolute Gasteiger partial charge is 0.257 e. The van der Waals surface area contributed by atoms with Crippen molar-refractivity contribution in [3.63, 3.8) is 0 Å². The van der Waals surface area contributed by atoms with Gasteiger partial charge in [-0.1, -0.05) is 12.1 Å². The summed E-state index contributed by atoms with van der Waals surface area (Å²) in [5, 5.41) is 0. The van der Waals surface area contributed by atoms with Gasteiger partial charge in [-0.25, -0.2) is 14.4 Å². The number of benzene rings is 2. The first kappa shape index (κ1) is 19.3. The normalized spacial score (nSPS) is 14.7. The van der Waals surface area contributed by atoms with Gasteiger partial charge in [-0.15, -0.1) is 0 Å². The molecule has 158 valence electrons. The number of imidazole rings is 1. The number of methoxy groups -OCH3 is 1. The van der Waals surface area contributed by atoms with E-state index < -0.39 is 5.82 Å². The highest BCUT2D eigenvalue weighted by Gasteiger charge is 2.37. The topological polar surface area (TPSA) is 85.8 Å². The van der Waals surface area contributed by atoms with E-state index >= 15 is 4.39 Å². The molecular formula is C23H22FN5O2. The average Bonchev–Trinajstić information content (AvgIpc) is 3.47. The average molecular weight is 419 g/mol. The molecule has 0 saturated heterocycles. The van der Waals surface area contributed by atoms with Crippen LogP contribution in [0.5, 0.6) is 5.75 Å². The largest absolute Gasteiger partial charge is 0.497 e. The molecule has 8 heteroatoms. The van der Waals surface area contributed by atoms with E-state index in [1.54, 1.807) is 35.0 Å². The number of nitrogen functional groups attached to an aromatic ring is 1. The maximum atomic E-state index is 15.1. The first-order valence-electron chi connectivity index (χ1n) is 10.2. The number of anilines is 1. The van der Waals surface area contributed by atoms with Crippen LogP contribution in [0.4, 0.5) is 10.2 Å². The summed E-state index contributed by atoms with van der Waals surface area (Å²) in [5.74, 6) is 0.0555. The molecule has 0 aliphatic heterocycles. The van der Waals surface area contributed by atoms with E-state index in [1.807, 2.05) is 31.2 Å². The van der Waals surface area contributed by atoms with Crippen LogP contribution in [-0.2, 0) is 0 Å². The fourth-order valence-corrected chi connectivity index (χ4v) is 4.05. The van der Waals surface area contributed by atoms with Gasteiger partial charge < -0.3 is 15.4 Å². The predicted octanol–water partition coefficient (Wildman–Crippen LogP) is 3.98. The van der Waals surface area contributed by atoms with E-state index in [9.17, 15) is 4.79 Å². The molecule has 5 rings (SSSR count). The number of amides is 1. The van der Waals surface area contributed by atoms with Gasteiger partial charge in [0.1, 0.15) is 22.9 Å². The Kier molecular flexibility index (Phi) is 4.50. The lowest BCUT2D eigenvalue weighted by atomic mass is 10.0. The van der Waals surface area contributed by atoms with Gasteiger partial charge in [0.2, 0.25) is 0 Å². The second-order valence-corrected chi connectivity index (χ2v) is 7.86. The molecule has 1 amide bonds. The Hall–Kier alpha value is -3.68. The molecule has 7 nitrogen and oxygen atoms in total. The van der Waals surface area contributed by atoms with Crippen LogP contribution in [0.3, 0.4) is 0 Å². The van der Waals surface area contributed by atoms with Crippen molar-refractivity contribution in [3.8, 4) is 5.75 Å². The lowest BCUT2D eigenvalue weighted by molar-refractivity contribution is 0.0669. The number of carbonyl (C=O) groups excluding carboxylic acids is 1. The van der Waals surface area contributed by atoms with Crippen LogP contribution in [0.15, 0.2) is 48.9 Å². The molecule has 2 aromatic heterocycles. The van der Waals surface area contributed by atoms with Gasteiger partial charge in [-0.05, 0) is 43.5 Å². The Morgan fingerprint density at radius 3 is 2.68 bits per heavy atom. The number of hydrogen-bond acceptors (Lipinski definition) is 5. The Labute approximate surface area is 178 Å². The van der Waals surface area contributed by atoms with Crippen LogP contribution >= 0.6 is 0 Å². The third-order valence-corrected chi connectivity index (χ3v) is 5.89. The lowest BCUT2D eigenvalue weighted by Gasteiger charge is -2.30. The number of aromatic nitrogens is 3. The minimum Gasteiger partial charge on any atom is -0.497 e. The van der Waals surface area contributed by atoms with Gasteiger partial charge in [-0.2, -0.15) is 0 Å². The summed E-state index contributed by atoms with van der Waals surface area (Å²) in [6, 6.07) is 10.3. The van der Waals surface area contributed by atoms with E-state index in [0.717, 1.165) is 24.2 Å². The zero-order valence-electron chi connectivity index (χ0n) is 17.2. The number of rotatable bonds is 5. The number of nitrogens with two attached hydrogens (primary N) is 1. The van der Waals surface area contributed by atoms with Crippen molar-refractivity contribution in [2.75, 3.05) is 12.8 Å². The van der Waals surface area contributed by atoms with E-state index in [-0.39, 0.29) is 29.4 Å². The standard InChI is InChI=1S/C23H22FN5O2/c1-13(14-3-7-16(31-2)8-4-14)29(15-5-6-15)23(30)17-9-20-19(10-18(17)24)27-22(25)21-11-26-12-28(20)21/h3-4,7-13,15H,5-6H2,1-2H3,(H2,25,27). The SMILES string of the molecule is COc1ccc(C(C)N(C(=O)c2cc3c(cc2F)nc(N)c2cncn23)C2CC2)cc1. The summed E-state index contributed by atoms with van der Waals surface area (Å²) in [6.07, 6.45) is 4.99. The molecule has 1 fully saturated rings. The first-order chi connectivity index (χ1) is 15.0. The number of carbonyl (C=O) groups is 1. The lowest BCUT2D eigenvalue weighted by Crippen LogP contribution is -2.36. The van der Waals surface area contributed by atoms with Crippen molar-refractivity contribution in [1.29, 1.82) is 0 Å². The van der Waals surface area contributed by atoms with Crippen LogP contribution in [0.1, 0.15) is 41.7 Å². The molecule has 1 unspecified atom stereocenters. The van der Waals surface area contributed by atoms with Crippen LogP contribution in [0.25, 0.3) is 16.6 Å². The van der Waals surface area contributed by atoms with Crippen LogP contribution in [-0.4, -0.2) is 38.3 Å². The molecule has 1 saturated carbocycles. The summed E-state index contributed by atoms with van der Waals surface area (Å²) in [4.78, 5) is 23.7. The highest BCUT2D eigenvalue weighted by Crippen LogP contribution is 2.37. The molecule has 1 atom stereocenters. The molecule has 2 heterocycles. The van der Waals surface area contributed by atoms with Crippen LogP contribution < -0.4 is 10.5 Å². The van der Waals surface area contributed by atoms with Crippen molar-refractivity contribution < 1.29 is 13.9 Å². The molecule has 1 aliphatic carbocycles. The van der Waals surface area contributed by atoms with Gasteiger partial charge in [-0.3, -0.25) is 9.20 Å². The predicted molar refractivity (Wildman–Crippen MR) is 115 cm³/mol. The molecule has 0 radical (unpaired) electrons. The maximum absolute atomic E-state index is 15.1. The van der Waals surface area contributed by atoms with Gasteiger partial charge in [0.25, 0.3) is 5.91 Å². The molecule has 1 aliphatic rings. The second kappa shape index (κ2) is 7.23. The minimum absolute atomic E-state index is 0.0151. The minimum atomic E-state index is -0.614. The monoisotopic (exact) mass is 419 g/mol. The fraction of sp³-hybridized carbons (Fsp3) is 0.261. The number of nitrogens with zero attached hydrogens (tertiary/aromatic N) is 4. The van der Waals surface area contributed by atoms with Gasteiger partial charge in [0.05, 0.1) is 42.3 Å². The number of ether oxygens (including phenoxy) is 1. The van der Waals surface area contributed by atoms with Gasteiger partial charge >= 0.3 is 0 Å². The second-order valence-electron chi connectivity index (χ2n) is 7.86. The Morgan fingerprint density at radius 1 is 1.26 bits per heavy atom. The van der Waals surface area contributed by atoms with E-state index in [0.29, 0.717) is 16.6 Å². The first-order valence-corrected chi connectivity index (χ1v) is 10.2. The summed E-state index contributed by atoms with van der Waals surface area (Å²) >= 11 is 0.